The molecule has 0 unspecified atom stereocenters. The van der Waals surface area contributed by atoms with E-state index in [4.69, 9.17) is 10.5 Å². The second kappa shape index (κ2) is 12.0. The van der Waals surface area contributed by atoms with Gasteiger partial charge in [0.15, 0.2) is 5.69 Å². The fraction of sp³-hybridized carbons (Fsp3) is 0.346. The van der Waals surface area contributed by atoms with Crippen molar-refractivity contribution in [1.82, 2.24) is 9.55 Å². The summed E-state index contributed by atoms with van der Waals surface area (Å²) in [6.45, 7) is 3.52. The number of amides is 1. The fourth-order valence-corrected chi connectivity index (χ4v) is 3.80. The Kier molecular flexibility index (Phi) is 8.86. The molecule has 0 saturated heterocycles. The number of hydrogen-bond acceptors (Lipinski definition) is 6. The van der Waals surface area contributed by atoms with E-state index < -0.39 is 17.2 Å². The molecular weight excluding hydrogens is 446 g/mol. The minimum atomic E-state index is -0.721. The Morgan fingerprint density at radius 1 is 1.09 bits per heavy atom. The molecule has 3 rings (SSSR count). The molecule has 0 aliphatic rings. The Morgan fingerprint density at radius 2 is 1.77 bits per heavy atom. The molecule has 0 saturated carbocycles. The van der Waals surface area contributed by atoms with Gasteiger partial charge in [-0.1, -0.05) is 43.7 Å². The van der Waals surface area contributed by atoms with Crippen molar-refractivity contribution in [3.05, 3.63) is 86.6 Å². The van der Waals surface area contributed by atoms with Crippen LogP contribution < -0.4 is 26.8 Å². The largest absolute Gasteiger partial charge is 0.383 e. The minimum Gasteiger partial charge on any atom is -0.383 e. The lowest BCUT2D eigenvalue weighted by atomic mass is 10.1. The van der Waals surface area contributed by atoms with Crippen molar-refractivity contribution in [2.75, 3.05) is 42.8 Å². The number of carbonyl (C=O) groups is 1. The molecule has 186 valence electrons. The number of nitrogens with one attached hydrogen (secondary N) is 1. The number of nitrogen functional groups attached to an aromatic ring is 1. The molecule has 35 heavy (non-hydrogen) atoms. The Bertz CT molecular complexity index is 1240. The van der Waals surface area contributed by atoms with Crippen LogP contribution in [0.1, 0.15) is 35.7 Å². The molecule has 0 aliphatic carbocycles. The summed E-state index contributed by atoms with van der Waals surface area (Å²) in [7, 11) is 3.51. The first-order valence-electron chi connectivity index (χ1n) is 11.7. The van der Waals surface area contributed by atoms with Crippen LogP contribution in [0, 0.1) is 0 Å². The Morgan fingerprint density at radius 3 is 2.40 bits per heavy atom. The van der Waals surface area contributed by atoms with Crippen molar-refractivity contribution in [3.8, 4) is 0 Å². The first-order chi connectivity index (χ1) is 16.9. The van der Waals surface area contributed by atoms with E-state index in [1.807, 2.05) is 49.5 Å². The van der Waals surface area contributed by atoms with Gasteiger partial charge in [0.1, 0.15) is 5.82 Å². The van der Waals surface area contributed by atoms with Crippen molar-refractivity contribution < 1.29 is 9.53 Å². The number of H-pyrrole nitrogens is 1. The van der Waals surface area contributed by atoms with Gasteiger partial charge in [-0.05, 0) is 36.2 Å². The molecule has 1 amide bonds. The third-order valence-corrected chi connectivity index (χ3v) is 5.83. The second-order valence-corrected chi connectivity index (χ2v) is 8.34. The van der Waals surface area contributed by atoms with Crippen molar-refractivity contribution in [2.24, 2.45) is 0 Å². The van der Waals surface area contributed by atoms with E-state index >= 15 is 0 Å². The highest BCUT2D eigenvalue weighted by Gasteiger charge is 2.25. The average molecular weight is 480 g/mol. The van der Waals surface area contributed by atoms with Gasteiger partial charge in [0.25, 0.3) is 11.5 Å². The zero-order chi connectivity index (χ0) is 25.4. The highest BCUT2D eigenvalue weighted by Crippen LogP contribution is 2.23. The number of rotatable bonds is 11. The van der Waals surface area contributed by atoms with Gasteiger partial charge in [-0.25, -0.2) is 4.79 Å². The zero-order valence-electron chi connectivity index (χ0n) is 20.5. The number of nitrogens with zero attached hydrogens (tertiary/aromatic N) is 3. The molecule has 0 bridgehead atoms. The lowest BCUT2D eigenvalue weighted by molar-refractivity contribution is 0.0984. The normalized spacial score (nSPS) is 10.8. The molecule has 0 radical (unpaired) electrons. The number of benzene rings is 2. The van der Waals surface area contributed by atoms with Gasteiger partial charge >= 0.3 is 5.69 Å². The topological polar surface area (TPSA) is 114 Å². The van der Waals surface area contributed by atoms with Crippen LogP contribution in [-0.4, -0.2) is 42.8 Å². The molecule has 3 N–H and O–H groups in total. The number of aromatic nitrogens is 2. The van der Waals surface area contributed by atoms with E-state index in [1.165, 1.54) is 16.6 Å². The molecule has 0 fully saturated rings. The molecular formula is C26H33N5O4. The van der Waals surface area contributed by atoms with E-state index in [0.29, 0.717) is 5.56 Å². The molecule has 1 aromatic heterocycles. The summed E-state index contributed by atoms with van der Waals surface area (Å²) in [6.07, 6.45) is 2.17. The monoisotopic (exact) mass is 479 g/mol. The van der Waals surface area contributed by atoms with Crippen molar-refractivity contribution in [3.63, 3.8) is 0 Å². The van der Waals surface area contributed by atoms with Crippen LogP contribution >= 0.6 is 0 Å². The number of hydrogen-bond donors (Lipinski definition) is 2. The Labute approximate surface area is 204 Å². The maximum absolute atomic E-state index is 13.7. The summed E-state index contributed by atoms with van der Waals surface area (Å²) in [5.74, 6) is -0.484. The third-order valence-electron chi connectivity index (χ3n) is 5.83. The molecule has 0 spiro atoms. The predicted molar refractivity (Wildman–Crippen MR) is 139 cm³/mol. The summed E-state index contributed by atoms with van der Waals surface area (Å²) in [4.78, 5) is 44.7. The molecule has 9 heteroatoms. The number of anilines is 3. The van der Waals surface area contributed by atoms with E-state index in [1.54, 1.807) is 12.1 Å². The maximum atomic E-state index is 13.7. The smallest absolute Gasteiger partial charge is 0.330 e. The molecule has 9 nitrogen and oxygen atoms in total. The van der Waals surface area contributed by atoms with Gasteiger partial charge in [0.05, 0.1) is 19.7 Å². The highest BCUT2D eigenvalue weighted by molar-refractivity contribution is 6.07. The number of ether oxygens (including phenoxy) is 1. The number of unbranched alkanes of at least 4 members (excludes halogenated alkanes) is 1. The first-order valence-corrected chi connectivity index (χ1v) is 11.7. The van der Waals surface area contributed by atoms with Gasteiger partial charge < -0.3 is 15.4 Å². The van der Waals surface area contributed by atoms with Gasteiger partial charge in [-0.3, -0.25) is 24.0 Å². The van der Waals surface area contributed by atoms with Crippen LogP contribution in [0.3, 0.4) is 0 Å². The standard InChI is InChI=1S/C26H33N5O4/c1-4-5-15-29(2)21-13-11-20(12-14-21)25(33)31(18-19-9-7-6-8-10-19)22-23(27)30(16-17-35-3)26(34)28-24(22)32/h6-14H,4-5,15-18,27H2,1-3H3,(H,28,32,34). The minimum absolute atomic E-state index is 0.0707. The van der Waals surface area contributed by atoms with Crippen molar-refractivity contribution >= 4 is 23.1 Å². The van der Waals surface area contributed by atoms with Gasteiger partial charge in [0.2, 0.25) is 0 Å². The van der Waals surface area contributed by atoms with Crippen molar-refractivity contribution in [1.29, 1.82) is 0 Å². The number of carbonyl (C=O) groups excluding carboxylic acids is 1. The van der Waals surface area contributed by atoms with E-state index in [0.717, 1.165) is 30.6 Å². The second-order valence-electron chi connectivity index (χ2n) is 8.34. The average Bonchev–Trinajstić information content (AvgIpc) is 2.86. The van der Waals surface area contributed by atoms with Crippen LogP contribution in [0.15, 0.2) is 64.2 Å². The summed E-state index contributed by atoms with van der Waals surface area (Å²) >= 11 is 0. The SMILES string of the molecule is CCCCN(C)c1ccc(C(=O)N(Cc2ccccc2)c2c(N)n(CCOC)c(=O)[nH]c2=O)cc1. The number of nitrogens with two attached hydrogens (primary N) is 1. The van der Waals surface area contributed by atoms with Gasteiger partial charge in [-0.2, -0.15) is 0 Å². The molecule has 0 atom stereocenters. The Hall–Kier alpha value is -3.85. The summed E-state index contributed by atoms with van der Waals surface area (Å²) in [5, 5.41) is 0. The van der Waals surface area contributed by atoms with Crippen LogP contribution in [0.2, 0.25) is 0 Å². The third kappa shape index (κ3) is 6.19. The van der Waals surface area contributed by atoms with Crippen LogP contribution in [0.5, 0.6) is 0 Å². The molecule has 1 heterocycles. The molecule has 2 aromatic carbocycles. The Balaban J connectivity index is 2.04. The maximum Gasteiger partial charge on any atom is 0.330 e. The van der Waals surface area contributed by atoms with Crippen LogP contribution in [0.25, 0.3) is 0 Å². The molecule has 0 aliphatic heterocycles. The zero-order valence-corrected chi connectivity index (χ0v) is 20.5. The van der Waals surface area contributed by atoms with E-state index in [9.17, 15) is 14.4 Å². The summed E-state index contributed by atoms with van der Waals surface area (Å²) < 4.78 is 6.27. The fourth-order valence-electron chi connectivity index (χ4n) is 3.80. The van der Waals surface area contributed by atoms with Gasteiger partial charge in [0, 0.05) is 32.0 Å². The van der Waals surface area contributed by atoms with Crippen molar-refractivity contribution in [2.45, 2.75) is 32.9 Å². The number of aromatic amines is 1. The highest BCUT2D eigenvalue weighted by atomic mass is 16.5. The first kappa shape index (κ1) is 25.8. The van der Waals surface area contributed by atoms with E-state index in [2.05, 4.69) is 16.8 Å². The lowest BCUT2D eigenvalue weighted by Crippen LogP contribution is -2.41. The van der Waals surface area contributed by atoms with Crippen LogP contribution in [-0.2, 0) is 17.8 Å². The quantitative estimate of drug-likeness (QED) is 0.437. The summed E-state index contributed by atoms with van der Waals surface area (Å²) in [6, 6.07) is 16.5. The summed E-state index contributed by atoms with van der Waals surface area (Å²) in [5.41, 5.74) is 7.06. The van der Waals surface area contributed by atoms with Crippen LogP contribution in [0.4, 0.5) is 17.2 Å². The van der Waals surface area contributed by atoms with E-state index in [-0.39, 0.29) is 31.2 Å². The van der Waals surface area contributed by atoms with Gasteiger partial charge in [-0.15, -0.1) is 0 Å². The number of methoxy groups -OCH3 is 1. The lowest BCUT2D eigenvalue weighted by Gasteiger charge is -2.25. The molecule has 3 aromatic rings. The predicted octanol–water partition coefficient (Wildman–Crippen LogP) is 2.85.